The van der Waals surface area contributed by atoms with E-state index >= 15 is 0 Å². The number of aliphatic hydroxyl groups excluding tert-OH is 1. The van der Waals surface area contributed by atoms with Crippen molar-refractivity contribution in [3.05, 3.63) is 0 Å². The van der Waals surface area contributed by atoms with Crippen molar-refractivity contribution in [3.8, 4) is 0 Å². The predicted octanol–water partition coefficient (Wildman–Crippen LogP) is 26.6. The summed E-state index contributed by atoms with van der Waals surface area (Å²) >= 11 is 0. The van der Waals surface area contributed by atoms with Crippen LogP contribution in [0, 0.1) is 11.8 Å². The van der Waals surface area contributed by atoms with E-state index < -0.39 is 97.5 Å². The zero-order chi connectivity index (χ0) is 77.8. The van der Waals surface area contributed by atoms with E-state index in [-0.39, 0.29) is 25.7 Å². The quantitative estimate of drug-likeness (QED) is 0.0222. The van der Waals surface area contributed by atoms with Gasteiger partial charge >= 0.3 is 39.5 Å². The van der Waals surface area contributed by atoms with Crippen LogP contribution in [0.3, 0.4) is 0 Å². The molecule has 0 aromatic carbocycles. The summed E-state index contributed by atoms with van der Waals surface area (Å²) < 4.78 is 68.8. The molecule has 0 saturated carbocycles. The van der Waals surface area contributed by atoms with Crippen LogP contribution < -0.4 is 0 Å². The first-order valence-corrected chi connectivity index (χ1v) is 48.1. The Balaban J connectivity index is 5.19. The van der Waals surface area contributed by atoms with E-state index in [2.05, 4.69) is 41.5 Å². The summed E-state index contributed by atoms with van der Waals surface area (Å²) in [4.78, 5) is 73.2. The normalized spacial score (nSPS) is 14.3. The molecule has 7 atom stereocenters. The van der Waals surface area contributed by atoms with E-state index in [1.54, 1.807) is 0 Å². The summed E-state index contributed by atoms with van der Waals surface area (Å²) in [5, 5.41) is 10.7. The zero-order valence-corrected chi connectivity index (χ0v) is 71.5. The molecule has 0 aromatic heterocycles. The van der Waals surface area contributed by atoms with Gasteiger partial charge in [0, 0.05) is 25.7 Å². The molecule has 0 bridgehead atoms. The Hall–Kier alpha value is -1.94. The van der Waals surface area contributed by atoms with Crippen molar-refractivity contribution in [2.75, 3.05) is 39.6 Å². The summed E-state index contributed by atoms with van der Waals surface area (Å²) in [5.41, 5.74) is 0. The second-order valence-electron chi connectivity index (χ2n) is 31.8. The molecule has 0 rings (SSSR count). The summed E-state index contributed by atoms with van der Waals surface area (Å²) in [5.74, 6) is -0.356. The number of carbonyl (C=O) groups is 4. The lowest BCUT2D eigenvalue weighted by Crippen LogP contribution is -2.30. The lowest BCUT2D eigenvalue weighted by molar-refractivity contribution is -0.161. The van der Waals surface area contributed by atoms with E-state index in [4.69, 9.17) is 37.0 Å². The molecule has 0 spiro atoms. The van der Waals surface area contributed by atoms with Gasteiger partial charge < -0.3 is 33.8 Å². The first kappa shape index (κ1) is 104. The maximum Gasteiger partial charge on any atom is 0.472 e. The number of rotatable bonds is 86. The van der Waals surface area contributed by atoms with Gasteiger partial charge in [-0.05, 0) is 37.5 Å². The number of esters is 4. The third kappa shape index (κ3) is 77.4. The number of ether oxygens (including phenoxy) is 4. The molecule has 0 fully saturated rings. The summed E-state index contributed by atoms with van der Waals surface area (Å²) in [7, 11) is -9.92. The standard InChI is InChI=1S/C87H170O17P2/c1-7-11-13-15-17-19-37-45-51-57-63-69-84(89)97-75-82(103-86(91)71-65-59-53-47-38-20-18-16-14-12-8-2)77-101-105(93,94)99-73-81(88)74-100-106(95,96)102-78-83(104-87(92)72-66-60-54-48-42-36-32-28-24-22-26-30-34-40-44-50-56-62-68-80(6)10-4)76-98-85(90)70-64-58-52-46-41-35-31-27-23-21-25-29-33-39-43-49-55-61-67-79(5)9-3/h79-83,88H,7-78H2,1-6H3,(H,93,94)(H,95,96)/t79?,80?,81-,82+,83+/m0/s1. The van der Waals surface area contributed by atoms with Gasteiger partial charge in [0.25, 0.3) is 0 Å². The lowest BCUT2D eigenvalue weighted by atomic mass is 9.99. The van der Waals surface area contributed by atoms with Crippen molar-refractivity contribution in [3.63, 3.8) is 0 Å². The molecule has 3 N–H and O–H groups in total. The minimum Gasteiger partial charge on any atom is -0.462 e. The Morgan fingerprint density at radius 3 is 0.670 bits per heavy atom. The molecule has 0 aliphatic heterocycles. The second kappa shape index (κ2) is 78.3. The van der Waals surface area contributed by atoms with Crippen LogP contribution in [-0.2, 0) is 65.4 Å². The molecule has 106 heavy (non-hydrogen) atoms. The Morgan fingerprint density at radius 1 is 0.264 bits per heavy atom. The number of hydrogen-bond donors (Lipinski definition) is 3. The molecule has 0 heterocycles. The van der Waals surface area contributed by atoms with Crippen LogP contribution in [0.2, 0.25) is 0 Å². The number of phosphoric ester groups is 2. The van der Waals surface area contributed by atoms with Crippen molar-refractivity contribution in [2.45, 2.75) is 484 Å². The molecule has 19 heteroatoms. The highest BCUT2D eigenvalue weighted by Crippen LogP contribution is 2.45. The predicted molar refractivity (Wildman–Crippen MR) is 437 cm³/mol. The van der Waals surface area contributed by atoms with Crippen LogP contribution >= 0.6 is 15.6 Å². The third-order valence-electron chi connectivity index (χ3n) is 21.2. The second-order valence-corrected chi connectivity index (χ2v) is 34.7. The Kier molecular flexibility index (Phi) is 76.9. The van der Waals surface area contributed by atoms with Gasteiger partial charge in [-0.1, -0.05) is 414 Å². The Morgan fingerprint density at radius 2 is 0.453 bits per heavy atom. The summed E-state index contributed by atoms with van der Waals surface area (Å²) in [6.07, 6.45) is 70.8. The monoisotopic (exact) mass is 1550 g/mol. The smallest absolute Gasteiger partial charge is 0.462 e. The van der Waals surface area contributed by atoms with Crippen molar-refractivity contribution in [1.82, 2.24) is 0 Å². The molecule has 0 aromatic rings. The number of aliphatic hydroxyl groups is 1. The third-order valence-corrected chi connectivity index (χ3v) is 23.1. The molecule has 0 aliphatic carbocycles. The van der Waals surface area contributed by atoms with Crippen LogP contribution in [0.15, 0.2) is 0 Å². The average Bonchev–Trinajstić information content (AvgIpc) is 0.908. The van der Waals surface area contributed by atoms with Gasteiger partial charge in [0.15, 0.2) is 12.2 Å². The van der Waals surface area contributed by atoms with Gasteiger partial charge in [0.05, 0.1) is 26.4 Å². The van der Waals surface area contributed by atoms with Gasteiger partial charge in [0.2, 0.25) is 0 Å². The van der Waals surface area contributed by atoms with Crippen LogP contribution in [-0.4, -0.2) is 96.7 Å². The number of unbranched alkanes of at least 4 members (excludes halogenated alkanes) is 54. The minimum absolute atomic E-state index is 0.108. The SMILES string of the molecule is CCCCCCCCCCCCCC(=O)OC[C@H](COP(=O)(O)OC[C@H](O)COP(=O)(O)OC[C@@H](COC(=O)CCCCCCCCCCCCCCCCCCCCC(C)CC)OC(=O)CCCCCCCCCCCCCCCCCCCCC(C)CC)OC(=O)CCCCCCCCCCCCC. The van der Waals surface area contributed by atoms with Crippen molar-refractivity contribution in [1.29, 1.82) is 0 Å². The van der Waals surface area contributed by atoms with E-state index in [9.17, 15) is 43.2 Å². The topological polar surface area (TPSA) is 237 Å². The van der Waals surface area contributed by atoms with Gasteiger partial charge in [-0.25, -0.2) is 9.13 Å². The van der Waals surface area contributed by atoms with Gasteiger partial charge in [-0.15, -0.1) is 0 Å². The number of hydrogen-bond acceptors (Lipinski definition) is 15. The number of phosphoric acid groups is 2. The first-order chi connectivity index (χ1) is 51.4. The first-order valence-electron chi connectivity index (χ1n) is 45.1. The fourth-order valence-electron chi connectivity index (χ4n) is 13.5. The van der Waals surface area contributed by atoms with Gasteiger partial charge in [-0.3, -0.25) is 37.3 Å². The summed E-state index contributed by atoms with van der Waals surface area (Å²) in [6, 6.07) is 0. The van der Waals surface area contributed by atoms with E-state index in [1.165, 1.54) is 283 Å². The lowest BCUT2D eigenvalue weighted by Gasteiger charge is -2.21. The molecular formula is C87H170O17P2. The Bertz CT molecular complexity index is 2030. The maximum atomic E-state index is 13.2. The highest BCUT2D eigenvalue weighted by molar-refractivity contribution is 7.47. The largest absolute Gasteiger partial charge is 0.472 e. The van der Waals surface area contributed by atoms with E-state index in [0.29, 0.717) is 25.7 Å². The molecule has 4 unspecified atom stereocenters. The highest BCUT2D eigenvalue weighted by Gasteiger charge is 2.30. The average molecular weight is 1550 g/mol. The van der Waals surface area contributed by atoms with Crippen LogP contribution in [0.25, 0.3) is 0 Å². The van der Waals surface area contributed by atoms with Crippen LogP contribution in [0.4, 0.5) is 0 Å². The summed E-state index contributed by atoms with van der Waals surface area (Å²) in [6.45, 7) is 9.80. The highest BCUT2D eigenvalue weighted by atomic mass is 31.2. The number of carbonyl (C=O) groups excluding carboxylic acids is 4. The molecule has 0 aliphatic rings. The molecular weight excluding hydrogens is 1380 g/mol. The van der Waals surface area contributed by atoms with Gasteiger partial charge in [0.1, 0.15) is 19.3 Å². The molecule has 0 saturated heterocycles. The van der Waals surface area contributed by atoms with Crippen molar-refractivity contribution >= 4 is 39.5 Å². The molecule has 0 radical (unpaired) electrons. The fraction of sp³-hybridized carbons (Fsp3) is 0.954. The molecule has 630 valence electrons. The Labute approximate surface area is 651 Å². The minimum atomic E-state index is -4.97. The van der Waals surface area contributed by atoms with Gasteiger partial charge in [-0.2, -0.15) is 0 Å². The molecule has 0 amide bonds. The maximum absolute atomic E-state index is 13.2. The fourth-order valence-corrected chi connectivity index (χ4v) is 15.1. The van der Waals surface area contributed by atoms with E-state index in [1.807, 2.05) is 0 Å². The van der Waals surface area contributed by atoms with Crippen LogP contribution in [0.1, 0.15) is 465 Å². The van der Waals surface area contributed by atoms with Crippen molar-refractivity contribution < 1.29 is 80.2 Å². The molecule has 17 nitrogen and oxygen atoms in total. The van der Waals surface area contributed by atoms with Crippen molar-refractivity contribution in [2.24, 2.45) is 11.8 Å². The van der Waals surface area contributed by atoms with Crippen LogP contribution in [0.5, 0.6) is 0 Å². The van der Waals surface area contributed by atoms with E-state index in [0.717, 1.165) is 102 Å². The zero-order valence-electron chi connectivity index (χ0n) is 69.7.